The van der Waals surface area contributed by atoms with E-state index in [4.69, 9.17) is 21.1 Å². The standard InChI is InChI=1S/C14H17ClN4O3S/c1-19(14-17-12(8-21-2)18-23-14)7-13(20)16-10-6-9(15)4-5-11(10)22-3/h4-6H,7-8H2,1-3H3,(H,16,20). The quantitative estimate of drug-likeness (QED) is 0.821. The zero-order valence-electron chi connectivity index (χ0n) is 13.0. The van der Waals surface area contributed by atoms with Gasteiger partial charge >= 0.3 is 0 Å². The molecule has 0 radical (unpaired) electrons. The molecular formula is C14H17ClN4O3S. The predicted octanol–water partition coefficient (Wildman–Crippen LogP) is 2.42. The van der Waals surface area contributed by atoms with Gasteiger partial charge in [-0.05, 0) is 18.2 Å². The van der Waals surface area contributed by atoms with Crippen molar-refractivity contribution in [2.24, 2.45) is 0 Å². The largest absolute Gasteiger partial charge is 0.495 e. The number of carbonyl (C=O) groups excluding carboxylic acids is 1. The molecule has 23 heavy (non-hydrogen) atoms. The van der Waals surface area contributed by atoms with Crippen LogP contribution >= 0.6 is 23.1 Å². The molecule has 0 saturated heterocycles. The van der Waals surface area contributed by atoms with Crippen molar-refractivity contribution in [2.45, 2.75) is 6.61 Å². The SMILES string of the molecule is COCc1nsc(N(C)CC(=O)Nc2cc(Cl)ccc2OC)n1. The van der Waals surface area contributed by atoms with E-state index < -0.39 is 0 Å². The molecule has 7 nitrogen and oxygen atoms in total. The Morgan fingerprint density at radius 1 is 1.43 bits per heavy atom. The van der Waals surface area contributed by atoms with Gasteiger partial charge in [0.2, 0.25) is 11.0 Å². The number of methoxy groups -OCH3 is 2. The maximum Gasteiger partial charge on any atom is 0.244 e. The van der Waals surface area contributed by atoms with E-state index in [-0.39, 0.29) is 12.5 Å². The fourth-order valence-electron chi connectivity index (χ4n) is 1.84. The molecule has 0 spiro atoms. The van der Waals surface area contributed by atoms with Crippen molar-refractivity contribution >= 4 is 39.9 Å². The summed E-state index contributed by atoms with van der Waals surface area (Å²) in [5.41, 5.74) is 0.524. The Hall–Kier alpha value is -1.90. The highest BCUT2D eigenvalue weighted by atomic mass is 35.5. The van der Waals surface area contributed by atoms with Gasteiger partial charge in [0.15, 0.2) is 5.82 Å². The molecule has 9 heteroatoms. The van der Waals surface area contributed by atoms with Gasteiger partial charge in [0, 0.05) is 30.7 Å². The van der Waals surface area contributed by atoms with Gasteiger partial charge in [-0.25, -0.2) is 4.98 Å². The minimum absolute atomic E-state index is 0.122. The van der Waals surface area contributed by atoms with Gasteiger partial charge < -0.3 is 19.7 Å². The molecule has 0 bridgehead atoms. The first-order valence-corrected chi connectivity index (χ1v) is 7.84. The number of benzene rings is 1. The number of aromatic nitrogens is 2. The number of halogens is 1. The molecule has 0 unspecified atom stereocenters. The number of carbonyl (C=O) groups is 1. The molecule has 124 valence electrons. The third-order valence-corrected chi connectivity index (χ3v) is 3.98. The number of likely N-dealkylation sites (N-methyl/N-ethyl adjacent to an activating group) is 1. The second-order valence-electron chi connectivity index (χ2n) is 4.68. The van der Waals surface area contributed by atoms with Crippen molar-refractivity contribution in [1.82, 2.24) is 9.36 Å². The minimum atomic E-state index is -0.212. The average Bonchev–Trinajstić information content (AvgIpc) is 2.96. The van der Waals surface area contributed by atoms with Crippen LogP contribution in [0.3, 0.4) is 0 Å². The van der Waals surface area contributed by atoms with E-state index in [1.54, 1.807) is 37.3 Å². The molecule has 1 amide bonds. The summed E-state index contributed by atoms with van der Waals surface area (Å²) in [5.74, 6) is 0.927. The number of nitrogens with zero attached hydrogens (tertiary/aromatic N) is 3. The summed E-state index contributed by atoms with van der Waals surface area (Å²) in [6.07, 6.45) is 0. The van der Waals surface area contributed by atoms with Crippen molar-refractivity contribution in [3.05, 3.63) is 29.0 Å². The van der Waals surface area contributed by atoms with Crippen LogP contribution in [0, 0.1) is 0 Å². The Balaban J connectivity index is 1.99. The summed E-state index contributed by atoms with van der Waals surface area (Å²) in [6, 6.07) is 5.03. The van der Waals surface area contributed by atoms with E-state index >= 15 is 0 Å². The second-order valence-corrected chi connectivity index (χ2v) is 5.84. The first-order valence-electron chi connectivity index (χ1n) is 6.69. The monoisotopic (exact) mass is 356 g/mol. The fourth-order valence-corrected chi connectivity index (χ4v) is 2.64. The van der Waals surface area contributed by atoms with Gasteiger partial charge in [-0.15, -0.1) is 0 Å². The van der Waals surface area contributed by atoms with Gasteiger partial charge in [-0.2, -0.15) is 4.37 Å². The lowest BCUT2D eigenvalue weighted by Crippen LogP contribution is -2.30. The third-order valence-electron chi connectivity index (χ3n) is 2.87. The van der Waals surface area contributed by atoms with Crippen LogP contribution < -0.4 is 15.0 Å². The number of hydrogen-bond acceptors (Lipinski definition) is 7. The molecule has 1 aromatic carbocycles. The highest BCUT2D eigenvalue weighted by molar-refractivity contribution is 7.09. The van der Waals surface area contributed by atoms with E-state index in [0.717, 1.165) is 0 Å². The first-order chi connectivity index (χ1) is 11.0. The topological polar surface area (TPSA) is 76.6 Å². The molecule has 0 aliphatic carbocycles. The van der Waals surface area contributed by atoms with E-state index in [2.05, 4.69) is 14.7 Å². The predicted molar refractivity (Wildman–Crippen MR) is 90.5 cm³/mol. The summed E-state index contributed by atoms with van der Waals surface area (Å²) >= 11 is 7.16. The molecule has 2 rings (SSSR count). The van der Waals surface area contributed by atoms with Gasteiger partial charge in [0.05, 0.1) is 19.3 Å². The average molecular weight is 357 g/mol. The van der Waals surface area contributed by atoms with Crippen molar-refractivity contribution in [3.63, 3.8) is 0 Å². The zero-order chi connectivity index (χ0) is 16.8. The number of amides is 1. The van der Waals surface area contributed by atoms with Crippen LogP contribution in [-0.2, 0) is 16.1 Å². The molecule has 2 aromatic rings. The first kappa shape index (κ1) is 17.5. The minimum Gasteiger partial charge on any atom is -0.495 e. The Morgan fingerprint density at radius 3 is 2.91 bits per heavy atom. The van der Waals surface area contributed by atoms with Gasteiger partial charge in [-0.1, -0.05) is 11.6 Å². The second kappa shape index (κ2) is 8.09. The van der Waals surface area contributed by atoms with Crippen LogP contribution in [-0.4, -0.2) is 43.1 Å². The van der Waals surface area contributed by atoms with Crippen molar-refractivity contribution in [3.8, 4) is 5.75 Å². The number of nitrogens with one attached hydrogen (secondary N) is 1. The Labute approximate surface area is 143 Å². The van der Waals surface area contributed by atoms with Gasteiger partial charge in [-0.3, -0.25) is 4.79 Å². The van der Waals surface area contributed by atoms with Crippen molar-refractivity contribution < 1.29 is 14.3 Å². The molecule has 1 heterocycles. The smallest absolute Gasteiger partial charge is 0.244 e. The molecule has 0 aliphatic heterocycles. The summed E-state index contributed by atoms with van der Waals surface area (Å²) in [7, 11) is 4.88. The van der Waals surface area contributed by atoms with E-state index in [1.807, 2.05) is 0 Å². The van der Waals surface area contributed by atoms with E-state index in [9.17, 15) is 4.79 Å². The number of hydrogen-bond donors (Lipinski definition) is 1. The molecule has 0 aliphatic rings. The lowest BCUT2D eigenvalue weighted by molar-refractivity contribution is -0.114. The van der Waals surface area contributed by atoms with Crippen LogP contribution in [0.15, 0.2) is 18.2 Å². The van der Waals surface area contributed by atoms with Crippen LogP contribution in [0.5, 0.6) is 5.75 Å². The molecule has 0 saturated carbocycles. The van der Waals surface area contributed by atoms with Crippen molar-refractivity contribution in [2.75, 3.05) is 38.0 Å². The number of anilines is 2. The van der Waals surface area contributed by atoms with Gasteiger partial charge in [0.1, 0.15) is 12.4 Å². The van der Waals surface area contributed by atoms with Crippen LogP contribution in [0.1, 0.15) is 5.82 Å². The molecule has 0 atom stereocenters. The molecule has 1 N–H and O–H groups in total. The molecule has 0 fully saturated rings. The lowest BCUT2D eigenvalue weighted by atomic mass is 10.3. The lowest BCUT2D eigenvalue weighted by Gasteiger charge is -2.16. The fraction of sp³-hybridized carbons (Fsp3) is 0.357. The Kier molecular flexibility index (Phi) is 6.14. The summed E-state index contributed by atoms with van der Waals surface area (Å²) in [5, 5.41) is 3.94. The maximum absolute atomic E-state index is 12.2. The Bertz CT molecular complexity index is 680. The molecular weight excluding hydrogens is 340 g/mol. The van der Waals surface area contributed by atoms with Crippen molar-refractivity contribution in [1.29, 1.82) is 0 Å². The summed E-state index contributed by atoms with van der Waals surface area (Å²) in [4.78, 5) is 18.2. The van der Waals surface area contributed by atoms with Gasteiger partial charge in [0.25, 0.3) is 0 Å². The highest BCUT2D eigenvalue weighted by Crippen LogP contribution is 2.27. The summed E-state index contributed by atoms with van der Waals surface area (Å²) in [6.45, 7) is 0.466. The van der Waals surface area contributed by atoms with Crippen LogP contribution in [0.2, 0.25) is 5.02 Å². The zero-order valence-corrected chi connectivity index (χ0v) is 14.6. The maximum atomic E-state index is 12.2. The van der Waals surface area contributed by atoms with Crippen LogP contribution in [0.25, 0.3) is 0 Å². The normalized spacial score (nSPS) is 10.4. The summed E-state index contributed by atoms with van der Waals surface area (Å²) < 4.78 is 14.3. The van der Waals surface area contributed by atoms with E-state index in [0.29, 0.717) is 34.0 Å². The Morgan fingerprint density at radius 2 is 2.22 bits per heavy atom. The number of rotatable bonds is 7. The van der Waals surface area contributed by atoms with Crippen LogP contribution in [0.4, 0.5) is 10.8 Å². The highest BCUT2D eigenvalue weighted by Gasteiger charge is 2.14. The van der Waals surface area contributed by atoms with E-state index in [1.165, 1.54) is 18.6 Å². The number of ether oxygens (including phenoxy) is 2. The third kappa shape index (κ3) is 4.78. The molecule has 1 aromatic heterocycles.